The molecule has 2 heterocycles. The van der Waals surface area contributed by atoms with Crippen LogP contribution in [-0.2, 0) is 6.54 Å². The normalized spacial score (nSPS) is 17.7. The molecule has 2 rings (SSSR count). The molecule has 1 saturated heterocycles. The molecular weight excluding hydrogens is 459 g/mol. The number of rotatable bonds is 7. The maximum atomic E-state index is 4.47. The van der Waals surface area contributed by atoms with E-state index in [1.807, 2.05) is 7.05 Å². The van der Waals surface area contributed by atoms with Gasteiger partial charge in [-0.25, -0.2) is 4.98 Å². The monoisotopic (exact) mass is 494 g/mol. The van der Waals surface area contributed by atoms with Gasteiger partial charge in [-0.3, -0.25) is 4.99 Å². The van der Waals surface area contributed by atoms with Gasteiger partial charge in [0.25, 0.3) is 0 Å². The van der Waals surface area contributed by atoms with Gasteiger partial charge in [0.05, 0.1) is 17.2 Å². The first kappa shape index (κ1) is 23.6. The molecule has 0 radical (unpaired) electrons. The lowest BCUT2D eigenvalue weighted by molar-refractivity contribution is 0.124. The number of halogens is 1. The molecule has 1 aliphatic rings. The smallest absolute Gasteiger partial charge is 0.191 e. The molecule has 1 atom stereocenters. The highest BCUT2D eigenvalue weighted by Crippen LogP contribution is 2.16. The zero-order valence-corrected chi connectivity index (χ0v) is 20.0. The van der Waals surface area contributed by atoms with E-state index in [9.17, 15) is 0 Å². The summed E-state index contributed by atoms with van der Waals surface area (Å²) in [5.74, 6) is 1.47. The third kappa shape index (κ3) is 7.66. The van der Waals surface area contributed by atoms with Crippen LogP contribution >= 0.6 is 35.3 Å². The van der Waals surface area contributed by atoms with Crippen LogP contribution in [0, 0.1) is 19.8 Å². The van der Waals surface area contributed by atoms with Gasteiger partial charge in [0.15, 0.2) is 5.96 Å². The second-order valence-electron chi connectivity index (χ2n) is 6.89. The Kier molecular flexibility index (Phi) is 11.0. The Labute approximate surface area is 179 Å². The maximum Gasteiger partial charge on any atom is 0.191 e. The molecule has 26 heavy (non-hydrogen) atoms. The molecular formula is C18H35IN6S. The molecule has 0 aliphatic carbocycles. The van der Waals surface area contributed by atoms with Gasteiger partial charge >= 0.3 is 0 Å². The van der Waals surface area contributed by atoms with Gasteiger partial charge in [0.1, 0.15) is 0 Å². The summed E-state index contributed by atoms with van der Waals surface area (Å²) in [6.07, 6.45) is 0. The quantitative estimate of drug-likeness (QED) is 0.346. The van der Waals surface area contributed by atoms with Gasteiger partial charge < -0.3 is 20.4 Å². The molecule has 0 aromatic carbocycles. The molecule has 2 N–H and O–H groups in total. The number of hydrogen-bond donors (Lipinski definition) is 2. The summed E-state index contributed by atoms with van der Waals surface area (Å²) in [7, 11) is 1.83. The first-order chi connectivity index (χ1) is 12.0. The lowest BCUT2D eigenvalue weighted by Crippen LogP contribution is -2.48. The van der Waals surface area contributed by atoms with E-state index in [1.165, 1.54) is 37.6 Å². The lowest BCUT2D eigenvalue weighted by atomic mass is 10.1. The van der Waals surface area contributed by atoms with Crippen molar-refractivity contribution in [3.8, 4) is 0 Å². The Bertz CT molecular complexity index is 554. The number of likely N-dealkylation sites (N-methyl/N-ethyl adjacent to an activating group) is 1. The van der Waals surface area contributed by atoms with Gasteiger partial charge in [0.2, 0.25) is 0 Å². The maximum absolute atomic E-state index is 4.47. The van der Waals surface area contributed by atoms with E-state index in [0.717, 1.165) is 36.3 Å². The van der Waals surface area contributed by atoms with Crippen molar-refractivity contribution in [3.05, 3.63) is 15.6 Å². The molecule has 1 fully saturated rings. The van der Waals surface area contributed by atoms with Crippen molar-refractivity contribution in [1.82, 2.24) is 25.4 Å². The number of aromatic nitrogens is 1. The minimum atomic E-state index is 0. The van der Waals surface area contributed by atoms with E-state index in [0.29, 0.717) is 5.92 Å². The highest BCUT2D eigenvalue weighted by atomic mass is 127. The Balaban J connectivity index is 0.00000338. The largest absolute Gasteiger partial charge is 0.356 e. The number of hydrogen-bond acceptors (Lipinski definition) is 5. The summed E-state index contributed by atoms with van der Waals surface area (Å²) in [6.45, 7) is 17.5. The number of aryl methyl sites for hydroxylation is 2. The molecule has 1 aliphatic heterocycles. The number of nitrogens with zero attached hydrogens (tertiary/aromatic N) is 4. The van der Waals surface area contributed by atoms with E-state index in [-0.39, 0.29) is 24.0 Å². The fourth-order valence-corrected chi connectivity index (χ4v) is 4.06. The molecule has 6 nitrogen and oxygen atoms in total. The minimum absolute atomic E-state index is 0. The molecule has 0 bridgehead atoms. The van der Waals surface area contributed by atoms with E-state index in [1.54, 1.807) is 11.3 Å². The van der Waals surface area contributed by atoms with Crippen LogP contribution in [0.5, 0.6) is 0 Å². The molecule has 150 valence electrons. The molecule has 1 unspecified atom stereocenters. The van der Waals surface area contributed by atoms with Crippen molar-refractivity contribution in [2.45, 2.75) is 34.2 Å². The van der Waals surface area contributed by atoms with Crippen LogP contribution in [0.4, 0.5) is 0 Å². The van der Waals surface area contributed by atoms with E-state index in [2.05, 4.69) is 58.1 Å². The van der Waals surface area contributed by atoms with Crippen molar-refractivity contribution in [1.29, 1.82) is 0 Å². The summed E-state index contributed by atoms with van der Waals surface area (Å²) in [4.78, 5) is 15.2. The van der Waals surface area contributed by atoms with Crippen LogP contribution in [0.1, 0.15) is 29.4 Å². The average Bonchev–Trinajstić information content (AvgIpc) is 2.93. The first-order valence-electron chi connectivity index (χ1n) is 9.34. The SMILES string of the molecule is CCN1CCN(CC(C)CNC(=NC)NCc2sc(C)nc2C)CC1.I. The molecule has 8 heteroatoms. The Morgan fingerprint density at radius 3 is 2.38 bits per heavy atom. The van der Waals surface area contributed by atoms with Crippen LogP contribution in [-0.4, -0.2) is 73.6 Å². The van der Waals surface area contributed by atoms with Gasteiger partial charge in [-0.15, -0.1) is 35.3 Å². The van der Waals surface area contributed by atoms with Gasteiger partial charge in [0, 0.05) is 51.2 Å². The topological polar surface area (TPSA) is 55.8 Å². The van der Waals surface area contributed by atoms with Gasteiger partial charge in [-0.2, -0.15) is 0 Å². The molecule has 1 aromatic rings. The molecule has 0 spiro atoms. The van der Waals surface area contributed by atoms with E-state index < -0.39 is 0 Å². The zero-order valence-electron chi connectivity index (χ0n) is 16.8. The number of piperazine rings is 1. The second-order valence-corrected chi connectivity index (χ2v) is 8.18. The third-order valence-corrected chi connectivity index (χ3v) is 5.81. The number of thiazole rings is 1. The average molecular weight is 494 g/mol. The fourth-order valence-electron chi connectivity index (χ4n) is 3.19. The standard InChI is InChI=1S/C18H34N6S.HI/c1-6-23-7-9-24(10-8-23)13-14(2)11-20-18(19-5)21-12-17-15(3)22-16(4)25-17;/h14H,6-13H2,1-5H3,(H2,19,20,21);1H. The fraction of sp³-hybridized carbons (Fsp3) is 0.778. The summed E-state index contributed by atoms with van der Waals surface area (Å²) in [6, 6.07) is 0. The highest BCUT2D eigenvalue weighted by Gasteiger charge is 2.17. The lowest BCUT2D eigenvalue weighted by Gasteiger charge is -2.35. The van der Waals surface area contributed by atoms with Crippen molar-refractivity contribution in [2.75, 3.05) is 52.9 Å². The zero-order chi connectivity index (χ0) is 18.2. The summed E-state index contributed by atoms with van der Waals surface area (Å²) >= 11 is 1.75. The predicted molar refractivity (Wildman–Crippen MR) is 123 cm³/mol. The Morgan fingerprint density at radius 1 is 1.19 bits per heavy atom. The Hall–Kier alpha value is -0.450. The number of aliphatic imine (C=N–C) groups is 1. The number of guanidine groups is 1. The van der Waals surface area contributed by atoms with Crippen molar-refractivity contribution < 1.29 is 0 Å². The molecule has 1 aromatic heterocycles. The van der Waals surface area contributed by atoms with E-state index >= 15 is 0 Å². The van der Waals surface area contributed by atoms with Crippen molar-refractivity contribution >= 4 is 41.3 Å². The second kappa shape index (κ2) is 12.1. The van der Waals surface area contributed by atoms with Gasteiger partial charge in [-0.05, 0) is 26.3 Å². The number of nitrogens with one attached hydrogen (secondary N) is 2. The van der Waals surface area contributed by atoms with Crippen LogP contribution in [0.15, 0.2) is 4.99 Å². The highest BCUT2D eigenvalue weighted by molar-refractivity contribution is 14.0. The Morgan fingerprint density at radius 2 is 1.85 bits per heavy atom. The van der Waals surface area contributed by atoms with E-state index in [4.69, 9.17) is 0 Å². The summed E-state index contributed by atoms with van der Waals surface area (Å²) in [5, 5.41) is 7.98. The first-order valence-corrected chi connectivity index (χ1v) is 10.2. The van der Waals surface area contributed by atoms with Crippen molar-refractivity contribution in [2.24, 2.45) is 10.9 Å². The molecule has 0 amide bonds. The summed E-state index contributed by atoms with van der Waals surface area (Å²) in [5.41, 5.74) is 1.12. The van der Waals surface area contributed by atoms with Crippen LogP contribution in [0.25, 0.3) is 0 Å². The molecule has 0 saturated carbocycles. The van der Waals surface area contributed by atoms with Crippen molar-refractivity contribution in [3.63, 3.8) is 0 Å². The van der Waals surface area contributed by atoms with Gasteiger partial charge in [-0.1, -0.05) is 13.8 Å². The summed E-state index contributed by atoms with van der Waals surface area (Å²) < 4.78 is 0. The van der Waals surface area contributed by atoms with Crippen LogP contribution in [0.2, 0.25) is 0 Å². The van der Waals surface area contributed by atoms with Crippen LogP contribution in [0.3, 0.4) is 0 Å². The third-order valence-electron chi connectivity index (χ3n) is 4.74. The predicted octanol–water partition coefficient (Wildman–Crippen LogP) is 2.32. The van der Waals surface area contributed by atoms with Crippen LogP contribution < -0.4 is 10.6 Å². The minimum Gasteiger partial charge on any atom is -0.356 e.